The van der Waals surface area contributed by atoms with E-state index in [2.05, 4.69) is 64.1 Å². The molecular weight excluding hydrogens is 232 g/mol. The lowest BCUT2D eigenvalue weighted by Crippen LogP contribution is -1.86. The summed E-state index contributed by atoms with van der Waals surface area (Å²) < 4.78 is 6.24. The smallest absolute Gasteiger partial charge is 0.138 e. The van der Waals surface area contributed by atoms with Crippen LogP contribution in [-0.4, -0.2) is 0 Å². The van der Waals surface area contributed by atoms with Crippen molar-refractivity contribution in [3.05, 3.63) is 47.5 Å². The first-order chi connectivity index (χ1) is 9.09. The van der Waals surface area contributed by atoms with Crippen molar-refractivity contribution in [2.24, 2.45) is 0 Å². The maximum absolute atomic E-state index is 6.24. The number of fused-ring (bicyclic) bond motifs is 3. The molecule has 0 bridgehead atoms. The zero-order chi connectivity index (χ0) is 13.6. The maximum Gasteiger partial charge on any atom is 0.138 e. The van der Waals surface area contributed by atoms with Gasteiger partial charge in [0.15, 0.2) is 0 Å². The Bertz CT molecular complexity index is 670. The van der Waals surface area contributed by atoms with E-state index < -0.39 is 0 Å². The maximum atomic E-state index is 6.24. The molecule has 98 valence electrons. The first-order valence-corrected chi connectivity index (χ1v) is 7.03. The third kappa shape index (κ3) is 1.85. The van der Waals surface area contributed by atoms with Gasteiger partial charge < -0.3 is 4.42 Å². The lowest BCUT2D eigenvalue weighted by Gasteiger charge is -2.05. The molecule has 0 N–H and O–H groups in total. The van der Waals surface area contributed by atoms with Gasteiger partial charge in [-0.3, -0.25) is 0 Å². The fourth-order valence-corrected chi connectivity index (χ4v) is 2.77. The summed E-state index contributed by atoms with van der Waals surface area (Å²) in [6.07, 6.45) is 0. The summed E-state index contributed by atoms with van der Waals surface area (Å²) in [6, 6.07) is 12.9. The fraction of sp³-hybridized carbons (Fsp3) is 0.333. The van der Waals surface area contributed by atoms with Gasteiger partial charge in [0.2, 0.25) is 0 Å². The summed E-state index contributed by atoms with van der Waals surface area (Å²) in [5.41, 5.74) is 4.70. The molecule has 1 heteroatoms. The Labute approximate surface area is 114 Å². The highest BCUT2D eigenvalue weighted by atomic mass is 16.3. The van der Waals surface area contributed by atoms with Crippen LogP contribution in [0.15, 0.2) is 40.8 Å². The first kappa shape index (κ1) is 12.3. The molecule has 0 aliphatic heterocycles. The van der Waals surface area contributed by atoms with Crippen LogP contribution in [0.2, 0.25) is 0 Å². The van der Waals surface area contributed by atoms with Crippen molar-refractivity contribution in [2.75, 3.05) is 0 Å². The number of hydrogen-bond acceptors (Lipinski definition) is 1. The highest BCUT2D eigenvalue weighted by Gasteiger charge is 2.15. The number of furan rings is 1. The average molecular weight is 252 g/mol. The molecular formula is C18H20O. The Morgan fingerprint density at radius 2 is 1.11 bits per heavy atom. The molecule has 0 radical (unpaired) electrons. The van der Waals surface area contributed by atoms with Crippen LogP contribution >= 0.6 is 0 Å². The summed E-state index contributed by atoms with van der Waals surface area (Å²) >= 11 is 0. The summed E-state index contributed by atoms with van der Waals surface area (Å²) in [5.74, 6) is 0.957. The van der Waals surface area contributed by atoms with Crippen LogP contribution < -0.4 is 0 Å². The Balaban J connectivity index is 2.44. The molecule has 0 saturated carbocycles. The minimum Gasteiger partial charge on any atom is -0.455 e. The van der Waals surface area contributed by atoms with Gasteiger partial charge in [0, 0.05) is 10.8 Å². The average Bonchev–Trinajstić information content (AvgIpc) is 2.76. The summed E-state index contributed by atoms with van der Waals surface area (Å²) in [7, 11) is 0. The van der Waals surface area contributed by atoms with Crippen molar-refractivity contribution in [3.63, 3.8) is 0 Å². The third-order valence-corrected chi connectivity index (χ3v) is 3.83. The molecule has 0 aliphatic rings. The van der Waals surface area contributed by atoms with Gasteiger partial charge in [-0.1, -0.05) is 64.1 Å². The molecule has 2 aromatic carbocycles. The Kier molecular flexibility index (Phi) is 2.85. The van der Waals surface area contributed by atoms with E-state index in [0.29, 0.717) is 11.8 Å². The van der Waals surface area contributed by atoms with Crippen LogP contribution in [0.3, 0.4) is 0 Å². The second kappa shape index (κ2) is 4.41. The highest BCUT2D eigenvalue weighted by molar-refractivity contribution is 6.07. The third-order valence-electron chi connectivity index (χ3n) is 3.83. The number of benzene rings is 2. The molecule has 0 aliphatic carbocycles. The summed E-state index contributed by atoms with van der Waals surface area (Å²) in [5, 5.41) is 2.48. The standard InChI is InChI=1S/C18H20O/c1-11(2)13-7-5-9-15-16-10-6-8-14(12(3)4)18(16)19-17(13)15/h5-12H,1-4H3. The largest absolute Gasteiger partial charge is 0.455 e. The molecule has 0 amide bonds. The minimum atomic E-state index is 0.478. The molecule has 0 fully saturated rings. The highest BCUT2D eigenvalue weighted by Crippen LogP contribution is 2.36. The van der Waals surface area contributed by atoms with E-state index in [1.165, 1.54) is 21.9 Å². The van der Waals surface area contributed by atoms with E-state index in [1.807, 2.05) is 0 Å². The van der Waals surface area contributed by atoms with Gasteiger partial charge in [-0.25, -0.2) is 0 Å². The van der Waals surface area contributed by atoms with Crippen LogP contribution in [-0.2, 0) is 0 Å². The van der Waals surface area contributed by atoms with Crippen LogP contribution in [0.4, 0.5) is 0 Å². The molecule has 3 aromatic rings. The van der Waals surface area contributed by atoms with Crippen molar-refractivity contribution in [3.8, 4) is 0 Å². The fourth-order valence-electron chi connectivity index (χ4n) is 2.77. The van der Waals surface area contributed by atoms with E-state index in [0.717, 1.165) is 11.2 Å². The van der Waals surface area contributed by atoms with Crippen molar-refractivity contribution >= 4 is 21.9 Å². The van der Waals surface area contributed by atoms with Gasteiger partial charge in [-0.05, 0) is 23.0 Å². The number of para-hydroxylation sites is 2. The molecule has 0 unspecified atom stereocenters. The van der Waals surface area contributed by atoms with Crippen LogP contribution in [0.5, 0.6) is 0 Å². The predicted molar refractivity (Wildman–Crippen MR) is 81.9 cm³/mol. The Hall–Kier alpha value is -1.76. The second-order valence-electron chi connectivity index (χ2n) is 5.86. The summed E-state index contributed by atoms with van der Waals surface area (Å²) in [4.78, 5) is 0. The van der Waals surface area contributed by atoms with E-state index in [-0.39, 0.29) is 0 Å². The van der Waals surface area contributed by atoms with Crippen molar-refractivity contribution in [2.45, 2.75) is 39.5 Å². The molecule has 1 heterocycles. The SMILES string of the molecule is CC(C)c1cccc2c1oc1c(C(C)C)cccc12. The monoisotopic (exact) mass is 252 g/mol. The summed E-state index contributed by atoms with van der Waals surface area (Å²) in [6.45, 7) is 8.85. The van der Waals surface area contributed by atoms with E-state index in [1.54, 1.807) is 0 Å². The van der Waals surface area contributed by atoms with E-state index in [9.17, 15) is 0 Å². The molecule has 0 atom stereocenters. The van der Waals surface area contributed by atoms with Gasteiger partial charge in [0.25, 0.3) is 0 Å². The first-order valence-electron chi connectivity index (χ1n) is 7.03. The van der Waals surface area contributed by atoms with Gasteiger partial charge in [-0.2, -0.15) is 0 Å². The zero-order valence-corrected chi connectivity index (χ0v) is 12.0. The molecule has 0 saturated heterocycles. The van der Waals surface area contributed by atoms with Crippen LogP contribution in [0, 0.1) is 0 Å². The van der Waals surface area contributed by atoms with Crippen LogP contribution in [0.1, 0.15) is 50.7 Å². The predicted octanol–water partition coefficient (Wildman–Crippen LogP) is 5.83. The van der Waals surface area contributed by atoms with Gasteiger partial charge >= 0.3 is 0 Å². The topological polar surface area (TPSA) is 13.1 Å². The quantitative estimate of drug-likeness (QED) is 0.559. The van der Waals surface area contributed by atoms with E-state index >= 15 is 0 Å². The number of rotatable bonds is 2. The lowest BCUT2D eigenvalue weighted by molar-refractivity contribution is 0.646. The normalized spacial score (nSPS) is 12.1. The Morgan fingerprint density at radius 3 is 1.47 bits per heavy atom. The Morgan fingerprint density at radius 1 is 0.684 bits per heavy atom. The van der Waals surface area contributed by atoms with Gasteiger partial charge in [0.1, 0.15) is 11.2 Å². The van der Waals surface area contributed by atoms with Crippen molar-refractivity contribution in [1.82, 2.24) is 0 Å². The lowest BCUT2D eigenvalue weighted by atomic mass is 9.98. The molecule has 19 heavy (non-hydrogen) atoms. The van der Waals surface area contributed by atoms with Gasteiger partial charge in [0.05, 0.1) is 0 Å². The molecule has 1 nitrogen and oxygen atoms in total. The van der Waals surface area contributed by atoms with Crippen LogP contribution in [0.25, 0.3) is 21.9 Å². The molecule has 0 spiro atoms. The number of hydrogen-bond donors (Lipinski definition) is 0. The minimum absolute atomic E-state index is 0.478. The van der Waals surface area contributed by atoms with Crippen molar-refractivity contribution < 1.29 is 4.42 Å². The zero-order valence-electron chi connectivity index (χ0n) is 12.0. The molecule has 1 aromatic heterocycles. The van der Waals surface area contributed by atoms with Gasteiger partial charge in [-0.15, -0.1) is 0 Å². The second-order valence-corrected chi connectivity index (χ2v) is 5.86. The van der Waals surface area contributed by atoms with Crippen molar-refractivity contribution in [1.29, 1.82) is 0 Å². The molecule has 3 rings (SSSR count). The van der Waals surface area contributed by atoms with E-state index in [4.69, 9.17) is 4.42 Å².